The third-order valence-electron chi connectivity index (χ3n) is 3.43. The molecular weight excluding hydrogens is 236 g/mol. The van der Waals surface area contributed by atoms with Gasteiger partial charge >= 0.3 is 0 Å². The lowest BCUT2D eigenvalue weighted by atomic mass is 9.89. The van der Waals surface area contributed by atoms with Crippen molar-refractivity contribution in [1.82, 2.24) is 0 Å². The lowest BCUT2D eigenvalue weighted by Crippen LogP contribution is -2.08. The number of hydrogen-bond donors (Lipinski definition) is 0. The number of alkyl halides is 1. The first kappa shape index (κ1) is 10.2. The molecule has 0 saturated heterocycles. The minimum absolute atomic E-state index is 0.716. The Labute approximate surface area is 94.8 Å². The highest BCUT2D eigenvalue weighted by Gasteiger charge is 2.31. The molecular formula is C13H17Br. The zero-order valence-corrected chi connectivity index (χ0v) is 10.4. The molecule has 3 unspecified atom stereocenters. The first-order chi connectivity index (χ1) is 6.68. The van der Waals surface area contributed by atoms with E-state index in [-0.39, 0.29) is 0 Å². The molecule has 1 aliphatic carbocycles. The maximum atomic E-state index is 3.76. The van der Waals surface area contributed by atoms with Crippen LogP contribution in [0.5, 0.6) is 0 Å². The Morgan fingerprint density at radius 1 is 1.29 bits per heavy atom. The van der Waals surface area contributed by atoms with E-state index in [2.05, 4.69) is 54.0 Å². The summed E-state index contributed by atoms with van der Waals surface area (Å²) in [6, 6.07) is 8.97. The van der Waals surface area contributed by atoms with Gasteiger partial charge < -0.3 is 0 Å². The fraction of sp³-hybridized carbons (Fsp3) is 0.538. The van der Waals surface area contributed by atoms with E-state index in [0.29, 0.717) is 4.83 Å². The fourth-order valence-corrected chi connectivity index (χ4v) is 3.12. The van der Waals surface area contributed by atoms with Gasteiger partial charge in [0, 0.05) is 4.83 Å². The van der Waals surface area contributed by atoms with E-state index in [1.165, 1.54) is 24.0 Å². The second-order valence-corrected chi connectivity index (χ2v) is 5.65. The standard InChI is InChI=1S/C13H17Br/c1-9-4-3-5-11(8-9)12-6-7-13(14)10(12)2/h3-5,8,10,12-13H,6-7H2,1-2H3. The van der Waals surface area contributed by atoms with Crippen LogP contribution in [0.4, 0.5) is 0 Å². The monoisotopic (exact) mass is 252 g/mol. The predicted molar refractivity (Wildman–Crippen MR) is 65.0 cm³/mol. The average Bonchev–Trinajstić information content (AvgIpc) is 2.48. The fourth-order valence-electron chi connectivity index (χ4n) is 2.49. The van der Waals surface area contributed by atoms with Gasteiger partial charge in [0.1, 0.15) is 0 Å². The molecule has 0 aromatic heterocycles. The summed E-state index contributed by atoms with van der Waals surface area (Å²) in [6.45, 7) is 4.54. The normalized spacial score (nSPS) is 32.1. The van der Waals surface area contributed by atoms with Gasteiger partial charge in [0.25, 0.3) is 0 Å². The number of rotatable bonds is 1. The zero-order chi connectivity index (χ0) is 10.1. The molecule has 1 saturated carbocycles. The van der Waals surface area contributed by atoms with E-state index >= 15 is 0 Å². The third kappa shape index (κ3) is 1.88. The number of hydrogen-bond acceptors (Lipinski definition) is 0. The van der Waals surface area contributed by atoms with Crippen LogP contribution in [0.2, 0.25) is 0 Å². The molecule has 1 fully saturated rings. The highest BCUT2D eigenvalue weighted by atomic mass is 79.9. The van der Waals surface area contributed by atoms with Crippen molar-refractivity contribution in [3.63, 3.8) is 0 Å². The lowest BCUT2D eigenvalue weighted by molar-refractivity contribution is 0.544. The Balaban J connectivity index is 2.23. The molecule has 76 valence electrons. The van der Waals surface area contributed by atoms with Crippen LogP contribution in [0.25, 0.3) is 0 Å². The van der Waals surface area contributed by atoms with Crippen LogP contribution in [-0.2, 0) is 0 Å². The molecule has 2 rings (SSSR count). The summed E-state index contributed by atoms with van der Waals surface area (Å²) in [5.41, 5.74) is 2.91. The summed E-state index contributed by atoms with van der Waals surface area (Å²) >= 11 is 3.76. The van der Waals surface area contributed by atoms with Gasteiger partial charge in [-0.1, -0.05) is 52.7 Å². The molecule has 0 bridgehead atoms. The summed E-state index contributed by atoms with van der Waals surface area (Å²) in [7, 11) is 0. The maximum Gasteiger partial charge on any atom is 0.0177 e. The molecule has 1 aromatic rings. The van der Waals surface area contributed by atoms with Crippen LogP contribution < -0.4 is 0 Å². The van der Waals surface area contributed by atoms with E-state index in [4.69, 9.17) is 0 Å². The first-order valence-corrected chi connectivity index (χ1v) is 6.30. The van der Waals surface area contributed by atoms with Crippen molar-refractivity contribution in [3.8, 4) is 0 Å². The molecule has 0 aliphatic heterocycles. The van der Waals surface area contributed by atoms with Crippen LogP contribution in [-0.4, -0.2) is 4.83 Å². The molecule has 1 heteroatoms. The SMILES string of the molecule is Cc1cccc(C2CCC(Br)C2C)c1. The van der Waals surface area contributed by atoms with Crippen molar-refractivity contribution < 1.29 is 0 Å². The Hall–Kier alpha value is -0.300. The summed E-state index contributed by atoms with van der Waals surface area (Å²) in [5, 5.41) is 0. The van der Waals surface area contributed by atoms with E-state index in [1.54, 1.807) is 0 Å². The van der Waals surface area contributed by atoms with Crippen molar-refractivity contribution in [1.29, 1.82) is 0 Å². The van der Waals surface area contributed by atoms with Gasteiger partial charge in [-0.15, -0.1) is 0 Å². The molecule has 1 aromatic carbocycles. The van der Waals surface area contributed by atoms with Crippen molar-refractivity contribution in [2.45, 2.75) is 37.4 Å². The zero-order valence-electron chi connectivity index (χ0n) is 8.83. The van der Waals surface area contributed by atoms with Crippen LogP contribution in [0.3, 0.4) is 0 Å². The molecule has 0 N–H and O–H groups in total. The molecule has 0 amide bonds. The maximum absolute atomic E-state index is 3.76. The van der Waals surface area contributed by atoms with Gasteiger partial charge in [0.05, 0.1) is 0 Å². The molecule has 0 spiro atoms. The second-order valence-electron chi connectivity index (χ2n) is 4.47. The van der Waals surface area contributed by atoms with Gasteiger partial charge in [-0.05, 0) is 37.2 Å². The molecule has 3 atom stereocenters. The van der Waals surface area contributed by atoms with Crippen LogP contribution >= 0.6 is 15.9 Å². The third-order valence-corrected chi connectivity index (χ3v) is 4.72. The van der Waals surface area contributed by atoms with E-state index in [1.807, 2.05) is 0 Å². The minimum Gasteiger partial charge on any atom is -0.0888 e. The highest BCUT2D eigenvalue weighted by Crippen LogP contribution is 2.42. The van der Waals surface area contributed by atoms with Gasteiger partial charge in [-0.3, -0.25) is 0 Å². The van der Waals surface area contributed by atoms with E-state index < -0.39 is 0 Å². The number of benzene rings is 1. The smallest absolute Gasteiger partial charge is 0.0177 e. The summed E-state index contributed by atoms with van der Waals surface area (Å²) in [6.07, 6.45) is 2.65. The summed E-state index contributed by atoms with van der Waals surface area (Å²) in [5.74, 6) is 1.54. The van der Waals surface area contributed by atoms with Gasteiger partial charge in [-0.25, -0.2) is 0 Å². The predicted octanol–water partition coefficient (Wildman–Crippen LogP) is 4.27. The van der Waals surface area contributed by atoms with Crippen LogP contribution in [0, 0.1) is 12.8 Å². The van der Waals surface area contributed by atoms with E-state index in [9.17, 15) is 0 Å². The second kappa shape index (κ2) is 4.06. The topological polar surface area (TPSA) is 0 Å². The number of halogens is 1. The Morgan fingerprint density at radius 3 is 2.64 bits per heavy atom. The number of aryl methyl sites for hydroxylation is 1. The minimum atomic E-state index is 0.716. The molecule has 0 radical (unpaired) electrons. The lowest BCUT2D eigenvalue weighted by Gasteiger charge is -2.18. The Kier molecular flexibility index (Phi) is 2.96. The molecule has 0 heterocycles. The quantitative estimate of drug-likeness (QED) is 0.655. The molecule has 1 aliphatic rings. The first-order valence-electron chi connectivity index (χ1n) is 5.39. The Morgan fingerprint density at radius 2 is 2.07 bits per heavy atom. The molecule has 14 heavy (non-hydrogen) atoms. The van der Waals surface area contributed by atoms with Crippen molar-refractivity contribution in [2.24, 2.45) is 5.92 Å². The van der Waals surface area contributed by atoms with Crippen molar-refractivity contribution >= 4 is 15.9 Å². The van der Waals surface area contributed by atoms with Crippen LogP contribution in [0.1, 0.15) is 36.8 Å². The van der Waals surface area contributed by atoms with Crippen molar-refractivity contribution in [3.05, 3.63) is 35.4 Å². The van der Waals surface area contributed by atoms with Crippen LogP contribution in [0.15, 0.2) is 24.3 Å². The highest BCUT2D eigenvalue weighted by molar-refractivity contribution is 9.09. The van der Waals surface area contributed by atoms with Gasteiger partial charge in [0.15, 0.2) is 0 Å². The van der Waals surface area contributed by atoms with Crippen molar-refractivity contribution in [2.75, 3.05) is 0 Å². The summed E-state index contributed by atoms with van der Waals surface area (Å²) < 4.78 is 0. The Bertz CT molecular complexity index is 319. The van der Waals surface area contributed by atoms with Gasteiger partial charge in [0.2, 0.25) is 0 Å². The molecule has 0 nitrogen and oxygen atoms in total. The largest absolute Gasteiger partial charge is 0.0888 e. The van der Waals surface area contributed by atoms with E-state index in [0.717, 1.165) is 11.8 Å². The average molecular weight is 253 g/mol. The summed E-state index contributed by atoms with van der Waals surface area (Å²) in [4.78, 5) is 0.716. The van der Waals surface area contributed by atoms with Gasteiger partial charge in [-0.2, -0.15) is 0 Å².